The molecular weight excluding hydrogens is 859 g/mol. The van der Waals surface area contributed by atoms with E-state index in [2.05, 4.69) is 16.0 Å². The lowest BCUT2D eigenvalue weighted by atomic mass is 9.44. The fourth-order valence-corrected chi connectivity index (χ4v) is 11.6. The number of carbonyl (C=O) groups is 7. The van der Waals surface area contributed by atoms with Gasteiger partial charge in [0.05, 0.1) is 12.2 Å². The van der Waals surface area contributed by atoms with Crippen molar-refractivity contribution in [1.29, 1.82) is 0 Å². The topological polar surface area (TPSA) is 218 Å². The number of nitrogens with zero attached hydrogens (tertiary/aromatic N) is 1. The highest BCUT2D eigenvalue weighted by Crippen LogP contribution is 2.72. The molecule has 2 aliphatic heterocycles. The average molecular weight is 913 g/mol. The van der Waals surface area contributed by atoms with E-state index in [1.54, 1.807) is 37.3 Å². The summed E-state index contributed by atoms with van der Waals surface area (Å²) in [6.07, 6.45) is -0.0231. The van der Waals surface area contributed by atoms with Crippen molar-refractivity contribution in [1.82, 2.24) is 15.5 Å². The molecule has 6 aliphatic rings. The SMILES string of the molecule is C[C@H](c1ccc([C@@H]2O[C@@H]3C[C@H]4[C@@H]5C[C@H](F)C6=CC(=O)C=C[C@]6(C)[C@@]5(F)[C@@H](O)C[C@]4(C)[C@]3(C(=O)CO)O2)cc1)c1cccc(NC(=O)[C@H](C)NC(=O)[C@H](C)NC(=O)CCN2C(=O)C=CC2=O)c1. The number of ketones is 2. The van der Waals surface area contributed by atoms with Gasteiger partial charge in [-0.2, -0.15) is 0 Å². The molecule has 3 saturated carbocycles. The van der Waals surface area contributed by atoms with Gasteiger partial charge in [-0.3, -0.25) is 38.5 Å². The van der Waals surface area contributed by atoms with Gasteiger partial charge >= 0.3 is 0 Å². The Morgan fingerprint density at radius 1 is 0.894 bits per heavy atom. The number of aliphatic hydroxyl groups excluding tert-OH is 2. The number of hydrogen-bond acceptors (Lipinski definition) is 11. The Morgan fingerprint density at radius 3 is 2.26 bits per heavy atom. The number of amides is 5. The van der Waals surface area contributed by atoms with Crippen molar-refractivity contribution >= 4 is 46.8 Å². The average Bonchev–Trinajstić information content (AvgIpc) is 3.91. The summed E-state index contributed by atoms with van der Waals surface area (Å²) in [7, 11) is 0. The lowest BCUT2D eigenvalue weighted by Crippen LogP contribution is -2.70. The van der Waals surface area contributed by atoms with Gasteiger partial charge in [-0.1, -0.05) is 56.3 Å². The molecule has 1 saturated heterocycles. The minimum atomic E-state index is -2.36. The van der Waals surface area contributed by atoms with Crippen LogP contribution < -0.4 is 16.0 Å². The van der Waals surface area contributed by atoms with Crippen molar-refractivity contribution in [2.45, 2.75) is 114 Å². The summed E-state index contributed by atoms with van der Waals surface area (Å²) in [5, 5.41) is 30.0. The van der Waals surface area contributed by atoms with Crippen LogP contribution in [0.5, 0.6) is 0 Å². The van der Waals surface area contributed by atoms with Crippen molar-refractivity contribution < 1.29 is 62.0 Å². The van der Waals surface area contributed by atoms with E-state index in [0.29, 0.717) is 11.3 Å². The largest absolute Gasteiger partial charge is 0.390 e. The highest BCUT2D eigenvalue weighted by atomic mass is 19.1. The van der Waals surface area contributed by atoms with Gasteiger partial charge in [0.2, 0.25) is 17.7 Å². The van der Waals surface area contributed by atoms with Crippen LogP contribution in [0.25, 0.3) is 0 Å². The van der Waals surface area contributed by atoms with Crippen LogP contribution in [0.4, 0.5) is 14.5 Å². The molecular formula is C49H54F2N4O11. The van der Waals surface area contributed by atoms with Gasteiger partial charge in [-0.05, 0) is 86.9 Å². The normalized spacial score (nSPS) is 34.3. The molecule has 0 unspecified atom stereocenters. The quantitative estimate of drug-likeness (QED) is 0.183. The van der Waals surface area contributed by atoms with Crippen molar-refractivity contribution in [3.05, 3.63) is 101 Å². The van der Waals surface area contributed by atoms with Crippen molar-refractivity contribution in [2.24, 2.45) is 22.7 Å². The molecule has 2 aromatic rings. The number of anilines is 1. The van der Waals surface area contributed by atoms with E-state index in [1.165, 1.54) is 32.9 Å². The van der Waals surface area contributed by atoms with E-state index < -0.39 is 118 Å². The second-order valence-corrected chi connectivity index (χ2v) is 18.9. The number of imide groups is 1. The van der Waals surface area contributed by atoms with Crippen molar-refractivity contribution in [3.8, 4) is 0 Å². The molecule has 5 N–H and O–H groups in total. The standard InChI is InChI=1S/C49H54F2N4O11/c1-25(30-7-6-8-31(19-30)54-44(64)27(3)53-43(63)26(2)52-40(60)16-18-55-41(61)13-14-42(55)62)28-9-11-29(12-10-28)45-65-39-22-33-34-21-36(50)35-20-32(57)15-17-46(35,4)48(34,51)37(58)23-47(33,5)49(39,66-45)38(59)24-56/h6-15,17,19-20,25-27,33-34,36-37,39,45,56,58H,16,18,21-24H2,1-5H3,(H,52,60)(H,53,63)(H,54,64)/t25-,26+,27+,33+,34+,36+,37+,39-,45-,46+,47+,48+,49-/m1/s1. The predicted molar refractivity (Wildman–Crippen MR) is 232 cm³/mol. The van der Waals surface area contributed by atoms with Crippen LogP contribution in [0.2, 0.25) is 0 Å². The van der Waals surface area contributed by atoms with Crippen LogP contribution >= 0.6 is 0 Å². The monoisotopic (exact) mass is 912 g/mol. The minimum Gasteiger partial charge on any atom is -0.390 e. The zero-order valence-corrected chi connectivity index (χ0v) is 37.2. The van der Waals surface area contributed by atoms with Gasteiger partial charge in [-0.25, -0.2) is 8.78 Å². The van der Waals surface area contributed by atoms with Crippen LogP contribution in [-0.2, 0) is 43.0 Å². The van der Waals surface area contributed by atoms with E-state index in [9.17, 15) is 43.8 Å². The maximum Gasteiger partial charge on any atom is 0.253 e. The third-order valence-corrected chi connectivity index (χ3v) is 15.3. The molecule has 5 amide bonds. The molecule has 350 valence electrons. The molecule has 4 aliphatic carbocycles. The molecule has 2 aromatic carbocycles. The fourth-order valence-electron chi connectivity index (χ4n) is 11.6. The first kappa shape index (κ1) is 46.8. The molecule has 2 heterocycles. The molecule has 15 nitrogen and oxygen atoms in total. The van der Waals surface area contributed by atoms with Crippen LogP contribution in [0, 0.1) is 22.7 Å². The molecule has 17 heteroatoms. The highest BCUT2D eigenvalue weighted by molar-refractivity contribution is 6.13. The number of aliphatic hydroxyl groups is 2. The number of hydrogen-bond donors (Lipinski definition) is 5. The first-order valence-corrected chi connectivity index (χ1v) is 22.3. The number of benzene rings is 2. The smallest absolute Gasteiger partial charge is 0.253 e. The Kier molecular flexibility index (Phi) is 12.2. The molecule has 4 fully saturated rings. The summed E-state index contributed by atoms with van der Waals surface area (Å²) >= 11 is 0. The first-order chi connectivity index (χ1) is 31.2. The number of Topliss-reactive ketones (excluding diaryl/α,β-unsaturated/α-hetero) is 1. The summed E-state index contributed by atoms with van der Waals surface area (Å²) in [4.78, 5) is 88.9. The maximum absolute atomic E-state index is 17.8. The number of carbonyl (C=O) groups excluding carboxylic acids is 7. The van der Waals surface area contributed by atoms with E-state index in [0.717, 1.165) is 34.3 Å². The minimum absolute atomic E-state index is 0.00372. The van der Waals surface area contributed by atoms with Gasteiger partial charge in [-0.15, -0.1) is 0 Å². The number of fused-ring (bicyclic) bond motifs is 7. The summed E-state index contributed by atoms with van der Waals surface area (Å²) in [6.45, 7) is 7.12. The number of rotatable bonds is 13. The van der Waals surface area contributed by atoms with E-state index in [4.69, 9.17) is 9.47 Å². The Hall–Kier alpha value is -5.75. The molecule has 0 radical (unpaired) electrons. The molecule has 13 atom stereocenters. The summed E-state index contributed by atoms with van der Waals surface area (Å²) in [5.41, 5.74) is -4.22. The van der Waals surface area contributed by atoms with Gasteiger partial charge in [0.15, 0.2) is 29.1 Å². The Balaban J connectivity index is 0.903. The number of halogens is 2. The van der Waals surface area contributed by atoms with Gasteiger partial charge in [0.1, 0.15) is 24.9 Å². The van der Waals surface area contributed by atoms with Crippen LogP contribution in [0.15, 0.2) is 84.5 Å². The zero-order valence-electron chi connectivity index (χ0n) is 37.2. The highest BCUT2D eigenvalue weighted by Gasteiger charge is 2.80. The van der Waals surface area contributed by atoms with E-state index in [-0.39, 0.29) is 43.7 Å². The Morgan fingerprint density at radius 2 is 1.58 bits per heavy atom. The second-order valence-electron chi connectivity index (χ2n) is 18.9. The molecule has 8 rings (SSSR count). The zero-order chi connectivity index (χ0) is 47.7. The van der Waals surface area contributed by atoms with Gasteiger partial charge < -0.3 is 35.6 Å². The molecule has 66 heavy (non-hydrogen) atoms. The van der Waals surface area contributed by atoms with Crippen LogP contribution in [-0.4, -0.2) is 111 Å². The maximum atomic E-state index is 17.8. The summed E-state index contributed by atoms with van der Waals surface area (Å²) in [5.74, 6) is -5.75. The van der Waals surface area contributed by atoms with E-state index in [1.807, 2.05) is 25.1 Å². The number of ether oxygens (including phenoxy) is 2. The third-order valence-electron chi connectivity index (χ3n) is 15.3. The van der Waals surface area contributed by atoms with Gasteiger partial charge in [0, 0.05) is 59.0 Å². The van der Waals surface area contributed by atoms with E-state index >= 15 is 8.78 Å². The van der Waals surface area contributed by atoms with Crippen molar-refractivity contribution in [2.75, 3.05) is 18.5 Å². The van der Waals surface area contributed by atoms with Crippen LogP contribution in [0.3, 0.4) is 0 Å². The Labute approximate surface area is 380 Å². The number of nitrogens with one attached hydrogen (secondary N) is 3. The van der Waals surface area contributed by atoms with Gasteiger partial charge in [0.25, 0.3) is 11.8 Å². The Bertz CT molecular complexity index is 2460. The predicted octanol–water partition coefficient (Wildman–Crippen LogP) is 3.74. The van der Waals surface area contributed by atoms with Crippen molar-refractivity contribution in [3.63, 3.8) is 0 Å². The lowest BCUT2D eigenvalue weighted by molar-refractivity contribution is -0.235. The molecule has 0 spiro atoms. The lowest BCUT2D eigenvalue weighted by Gasteiger charge is -2.63. The third kappa shape index (κ3) is 7.43. The first-order valence-electron chi connectivity index (χ1n) is 22.3. The second kappa shape index (κ2) is 17.2. The van der Waals surface area contributed by atoms with Crippen LogP contribution in [0.1, 0.15) is 89.2 Å². The fraction of sp³-hybridized carbons (Fsp3) is 0.490. The summed E-state index contributed by atoms with van der Waals surface area (Å²) in [6, 6.07) is 12.5. The molecule has 0 aromatic heterocycles. The number of allylic oxidation sites excluding steroid dienone is 4. The molecule has 0 bridgehead atoms. The number of alkyl halides is 2. The summed E-state index contributed by atoms with van der Waals surface area (Å²) < 4.78 is 46.9.